The van der Waals surface area contributed by atoms with E-state index in [-0.39, 0.29) is 17.9 Å². The van der Waals surface area contributed by atoms with Crippen molar-refractivity contribution in [3.05, 3.63) is 82.6 Å². The molecule has 1 aliphatic heterocycles. The second-order valence-corrected chi connectivity index (χ2v) is 8.93. The SMILES string of the molecule is CC(C)c1c(C(=O)NC2CCN(Cc3ccccc3)CC2)cnn1-c1ccc(Cl)cc1. The van der Waals surface area contributed by atoms with Crippen molar-refractivity contribution in [3.8, 4) is 5.69 Å². The van der Waals surface area contributed by atoms with Crippen molar-refractivity contribution in [2.75, 3.05) is 13.1 Å². The minimum absolute atomic E-state index is 0.0366. The van der Waals surface area contributed by atoms with Crippen LogP contribution in [0.5, 0.6) is 0 Å². The smallest absolute Gasteiger partial charge is 0.255 e. The van der Waals surface area contributed by atoms with Gasteiger partial charge in [0.2, 0.25) is 0 Å². The molecule has 1 aromatic heterocycles. The Morgan fingerprint density at radius 3 is 2.42 bits per heavy atom. The monoisotopic (exact) mass is 436 g/mol. The van der Waals surface area contributed by atoms with Crippen LogP contribution in [0.3, 0.4) is 0 Å². The average Bonchev–Trinajstić information content (AvgIpc) is 3.22. The van der Waals surface area contributed by atoms with E-state index in [1.54, 1.807) is 6.20 Å². The highest BCUT2D eigenvalue weighted by Crippen LogP contribution is 2.24. The molecule has 4 rings (SSSR count). The summed E-state index contributed by atoms with van der Waals surface area (Å²) in [6, 6.07) is 18.3. The van der Waals surface area contributed by atoms with Gasteiger partial charge in [0.15, 0.2) is 0 Å². The molecule has 0 bridgehead atoms. The molecule has 1 fully saturated rings. The number of nitrogens with zero attached hydrogens (tertiary/aromatic N) is 3. The summed E-state index contributed by atoms with van der Waals surface area (Å²) in [5.41, 5.74) is 3.81. The molecular formula is C25H29ClN4O. The molecule has 0 radical (unpaired) electrons. The number of rotatable bonds is 6. The maximum absolute atomic E-state index is 13.1. The van der Waals surface area contributed by atoms with Crippen LogP contribution in [0.25, 0.3) is 5.69 Å². The summed E-state index contributed by atoms with van der Waals surface area (Å²) in [5.74, 6) is 0.122. The van der Waals surface area contributed by atoms with Crippen LogP contribution in [0.2, 0.25) is 5.02 Å². The van der Waals surface area contributed by atoms with E-state index in [9.17, 15) is 4.79 Å². The van der Waals surface area contributed by atoms with Gasteiger partial charge < -0.3 is 5.32 Å². The fourth-order valence-electron chi connectivity index (χ4n) is 4.22. The van der Waals surface area contributed by atoms with E-state index in [0.29, 0.717) is 10.6 Å². The summed E-state index contributed by atoms with van der Waals surface area (Å²) in [4.78, 5) is 15.6. The Kier molecular flexibility index (Phi) is 6.73. The first-order valence-corrected chi connectivity index (χ1v) is 11.3. The number of halogens is 1. The first-order valence-electron chi connectivity index (χ1n) is 10.9. The van der Waals surface area contributed by atoms with Gasteiger partial charge in [-0.05, 0) is 48.6 Å². The number of carbonyl (C=O) groups is 1. The van der Waals surface area contributed by atoms with E-state index in [2.05, 4.69) is 53.4 Å². The molecule has 0 unspecified atom stereocenters. The zero-order valence-corrected chi connectivity index (χ0v) is 18.8. The molecule has 2 heterocycles. The number of benzene rings is 2. The van der Waals surface area contributed by atoms with Crippen LogP contribution >= 0.6 is 11.6 Å². The normalized spacial score (nSPS) is 15.4. The highest BCUT2D eigenvalue weighted by atomic mass is 35.5. The van der Waals surface area contributed by atoms with Gasteiger partial charge in [0, 0.05) is 30.7 Å². The number of piperidine rings is 1. The number of amides is 1. The first kappa shape index (κ1) is 21.6. The van der Waals surface area contributed by atoms with Crippen molar-refractivity contribution in [1.29, 1.82) is 0 Å². The molecular weight excluding hydrogens is 408 g/mol. The van der Waals surface area contributed by atoms with Gasteiger partial charge in [-0.2, -0.15) is 5.10 Å². The second kappa shape index (κ2) is 9.67. The average molecular weight is 437 g/mol. The highest BCUT2D eigenvalue weighted by molar-refractivity contribution is 6.30. The molecule has 2 aromatic carbocycles. The molecule has 0 atom stereocenters. The lowest BCUT2D eigenvalue weighted by atomic mass is 10.0. The molecule has 6 heteroatoms. The molecule has 3 aromatic rings. The molecule has 1 N–H and O–H groups in total. The maximum atomic E-state index is 13.1. The van der Waals surface area contributed by atoms with Crippen molar-refractivity contribution in [2.24, 2.45) is 0 Å². The van der Waals surface area contributed by atoms with Crippen LogP contribution in [0, 0.1) is 0 Å². The number of carbonyl (C=O) groups excluding carboxylic acids is 1. The Morgan fingerprint density at radius 2 is 1.77 bits per heavy atom. The highest BCUT2D eigenvalue weighted by Gasteiger charge is 2.25. The number of likely N-dealkylation sites (tertiary alicyclic amines) is 1. The third-order valence-electron chi connectivity index (χ3n) is 5.84. The van der Waals surface area contributed by atoms with Crippen molar-refractivity contribution in [1.82, 2.24) is 20.0 Å². The van der Waals surface area contributed by atoms with Crippen molar-refractivity contribution in [2.45, 2.75) is 45.2 Å². The van der Waals surface area contributed by atoms with Crippen LogP contribution in [0.1, 0.15) is 54.2 Å². The summed E-state index contributed by atoms with van der Waals surface area (Å²) in [7, 11) is 0. The summed E-state index contributed by atoms with van der Waals surface area (Å²) in [5, 5.41) is 8.44. The van der Waals surface area contributed by atoms with Crippen LogP contribution in [0.15, 0.2) is 60.8 Å². The lowest BCUT2D eigenvalue weighted by Gasteiger charge is -2.32. The van der Waals surface area contributed by atoms with E-state index in [1.165, 1.54) is 5.56 Å². The second-order valence-electron chi connectivity index (χ2n) is 8.50. The Hall–Kier alpha value is -2.63. The van der Waals surface area contributed by atoms with Crippen molar-refractivity contribution < 1.29 is 4.79 Å². The molecule has 5 nitrogen and oxygen atoms in total. The van der Waals surface area contributed by atoms with Gasteiger partial charge in [0.05, 0.1) is 23.1 Å². The molecule has 31 heavy (non-hydrogen) atoms. The van der Waals surface area contributed by atoms with Gasteiger partial charge >= 0.3 is 0 Å². The summed E-state index contributed by atoms with van der Waals surface area (Å²) >= 11 is 6.02. The van der Waals surface area contributed by atoms with Gasteiger partial charge in [0.1, 0.15) is 0 Å². The van der Waals surface area contributed by atoms with Gasteiger partial charge in [-0.1, -0.05) is 55.8 Å². The zero-order chi connectivity index (χ0) is 21.8. The minimum Gasteiger partial charge on any atom is -0.349 e. The van der Waals surface area contributed by atoms with E-state index >= 15 is 0 Å². The van der Waals surface area contributed by atoms with E-state index in [0.717, 1.165) is 43.9 Å². The number of hydrogen-bond acceptors (Lipinski definition) is 3. The Bertz CT molecular complexity index is 1010. The standard InChI is InChI=1S/C25H29ClN4O/c1-18(2)24-23(16-27-30(24)22-10-8-20(26)9-11-22)25(31)28-21-12-14-29(15-13-21)17-19-6-4-3-5-7-19/h3-11,16,18,21H,12-15,17H2,1-2H3,(H,28,31). The van der Waals surface area contributed by atoms with Crippen LogP contribution < -0.4 is 5.32 Å². The molecule has 162 valence electrons. The fourth-order valence-corrected chi connectivity index (χ4v) is 4.34. The van der Waals surface area contributed by atoms with Gasteiger partial charge in [-0.15, -0.1) is 0 Å². The molecule has 0 spiro atoms. The Morgan fingerprint density at radius 1 is 1.10 bits per heavy atom. The minimum atomic E-state index is -0.0366. The predicted octanol–water partition coefficient (Wildman–Crippen LogP) is 5.04. The van der Waals surface area contributed by atoms with Crippen molar-refractivity contribution >= 4 is 17.5 Å². The van der Waals surface area contributed by atoms with Crippen LogP contribution in [0.4, 0.5) is 0 Å². The molecule has 1 aliphatic rings. The van der Waals surface area contributed by atoms with E-state index in [4.69, 9.17) is 11.6 Å². The number of nitrogens with one attached hydrogen (secondary N) is 1. The Labute approximate surface area is 189 Å². The molecule has 1 amide bonds. The van der Waals surface area contributed by atoms with E-state index < -0.39 is 0 Å². The van der Waals surface area contributed by atoms with Crippen molar-refractivity contribution in [3.63, 3.8) is 0 Å². The van der Waals surface area contributed by atoms with Gasteiger partial charge in [-0.25, -0.2) is 4.68 Å². The summed E-state index contributed by atoms with van der Waals surface area (Å²) < 4.78 is 1.85. The third-order valence-corrected chi connectivity index (χ3v) is 6.09. The molecule has 1 saturated heterocycles. The fraction of sp³-hybridized carbons (Fsp3) is 0.360. The zero-order valence-electron chi connectivity index (χ0n) is 18.1. The molecule has 0 aliphatic carbocycles. The van der Waals surface area contributed by atoms with Crippen LogP contribution in [-0.2, 0) is 6.54 Å². The predicted molar refractivity (Wildman–Crippen MR) is 125 cm³/mol. The lowest BCUT2D eigenvalue weighted by Crippen LogP contribution is -2.44. The third kappa shape index (κ3) is 5.17. The number of aromatic nitrogens is 2. The van der Waals surface area contributed by atoms with E-state index in [1.807, 2.05) is 35.0 Å². The lowest BCUT2D eigenvalue weighted by molar-refractivity contribution is 0.0907. The topological polar surface area (TPSA) is 50.2 Å². The summed E-state index contributed by atoms with van der Waals surface area (Å²) in [6.07, 6.45) is 3.60. The number of hydrogen-bond donors (Lipinski definition) is 1. The maximum Gasteiger partial charge on any atom is 0.255 e. The summed E-state index contributed by atoms with van der Waals surface area (Å²) in [6.45, 7) is 7.11. The molecule has 0 saturated carbocycles. The largest absolute Gasteiger partial charge is 0.349 e. The van der Waals surface area contributed by atoms with Gasteiger partial charge in [-0.3, -0.25) is 9.69 Å². The quantitative estimate of drug-likeness (QED) is 0.588. The first-order chi connectivity index (χ1) is 15.0. The van der Waals surface area contributed by atoms with Crippen LogP contribution in [-0.4, -0.2) is 39.7 Å². The van der Waals surface area contributed by atoms with Gasteiger partial charge in [0.25, 0.3) is 5.91 Å². The Balaban J connectivity index is 1.40.